The molecule has 0 atom stereocenters. The lowest BCUT2D eigenvalue weighted by atomic mass is 10.2. The minimum atomic E-state index is -0.208. The molecule has 0 bridgehead atoms. The van der Waals surface area contributed by atoms with Gasteiger partial charge in [-0.3, -0.25) is 4.79 Å². The van der Waals surface area contributed by atoms with E-state index in [9.17, 15) is 4.79 Å². The van der Waals surface area contributed by atoms with Crippen LogP contribution < -0.4 is 10.1 Å². The Kier molecular flexibility index (Phi) is 4.66. The summed E-state index contributed by atoms with van der Waals surface area (Å²) in [5.74, 6) is 1.13. The first-order valence-electron chi connectivity index (χ1n) is 8.16. The van der Waals surface area contributed by atoms with Crippen molar-refractivity contribution in [2.45, 2.75) is 6.54 Å². The first kappa shape index (κ1) is 16.4. The van der Waals surface area contributed by atoms with Crippen molar-refractivity contribution in [3.05, 3.63) is 72.7 Å². The van der Waals surface area contributed by atoms with E-state index in [1.54, 1.807) is 23.7 Å². The lowest BCUT2D eigenvalue weighted by Crippen LogP contribution is -2.28. The average molecular weight is 364 g/mol. The minimum absolute atomic E-state index is 0.0668. The number of para-hydroxylation sites is 2. The van der Waals surface area contributed by atoms with E-state index in [-0.39, 0.29) is 12.5 Å². The summed E-state index contributed by atoms with van der Waals surface area (Å²) in [4.78, 5) is 16.7. The van der Waals surface area contributed by atoms with Crippen molar-refractivity contribution in [1.82, 2.24) is 10.3 Å². The van der Waals surface area contributed by atoms with Crippen LogP contribution in [-0.2, 0) is 11.3 Å². The molecule has 1 amide bonds. The van der Waals surface area contributed by atoms with E-state index >= 15 is 0 Å². The lowest BCUT2D eigenvalue weighted by Gasteiger charge is -2.09. The molecule has 26 heavy (non-hydrogen) atoms. The van der Waals surface area contributed by atoms with Crippen molar-refractivity contribution in [1.29, 1.82) is 0 Å². The molecule has 6 heteroatoms. The van der Waals surface area contributed by atoms with Gasteiger partial charge < -0.3 is 14.5 Å². The number of furan rings is 1. The molecule has 130 valence electrons. The molecule has 0 radical (unpaired) electrons. The zero-order valence-electron chi connectivity index (χ0n) is 13.8. The number of thiazole rings is 1. The predicted octanol–water partition coefficient (Wildman–Crippen LogP) is 4.25. The Labute approximate surface area is 154 Å². The highest BCUT2D eigenvalue weighted by Crippen LogP contribution is 2.35. The highest BCUT2D eigenvalue weighted by atomic mass is 32.1. The van der Waals surface area contributed by atoms with Gasteiger partial charge in [0, 0.05) is 0 Å². The molecular formula is C20H16N2O3S. The number of hydrogen-bond donors (Lipinski definition) is 1. The Bertz CT molecular complexity index is 991. The maximum atomic E-state index is 12.0. The van der Waals surface area contributed by atoms with Gasteiger partial charge in [-0.2, -0.15) is 0 Å². The first-order chi connectivity index (χ1) is 12.8. The average Bonchev–Trinajstić information content (AvgIpc) is 3.34. The molecule has 0 aliphatic heterocycles. The summed E-state index contributed by atoms with van der Waals surface area (Å²) in [7, 11) is 0. The van der Waals surface area contributed by atoms with Crippen LogP contribution in [0.2, 0.25) is 0 Å². The molecule has 0 fully saturated rings. The quantitative estimate of drug-likeness (QED) is 0.555. The third kappa shape index (κ3) is 3.60. The Hall–Kier alpha value is -3.12. The van der Waals surface area contributed by atoms with Gasteiger partial charge in [0.05, 0.1) is 28.6 Å². The molecular weight excluding hydrogens is 348 g/mol. The third-order valence-corrected chi connectivity index (χ3v) is 4.88. The molecule has 0 aliphatic carbocycles. The van der Waals surface area contributed by atoms with Gasteiger partial charge in [0.2, 0.25) is 0 Å². The van der Waals surface area contributed by atoms with Crippen LogP contribution in [0, 0.1) is 0 Å². The molecule has 0 aliphatic rings. The summed E-state index contributed by atoms with van der Waals surface area (Å²) in [6, 6.07) is 19.2. The van der Waals surface area contributed by atoms with Gasteiger partial charge in [-0.05, 0) is 36.4 Å². The second-order valence-electron chi connectivity index (χ2n) is 5.63. The van der Waals surface area contributed by atoms with Gasteiger partial charge in [-0.25, -0.2) is 4.98 Å². The zero-order chi connectivity index (χ0) is 17.8. The van der Waals surface area contributed by atoms with Crippen molar-refractivity contribution in [3.8, 4) is 16.3 Å². The molecule has 4 rings (SSSR count). The maximum Gasteiger partial charge on any atom is 0.258 e. The number of carbonyl (C=O) groups is 1. The van der Waals surface area contributed by atoms with Crippen molar-refractivity contribution < 1.29 is 13.9 Å². The SMILES string of the molecule is O=C(COc1ccccc1-c1nc2ccccc2s1)NCc1ccco1. The van der Waals surface area contributed by atoms with Crippen molar-refractivity contribution in [2.24, 2.45) is 0 Å². The molecule has 5 nitrogen and oxygen atoms in total. The molecule has 4 aromatic rings. The fourth-order valence-electron chi connectivity index (χ4n) is 2.55. The van der Waals surface area contributed by atoms with E-state index in [1.165, 1.54) is 0 Å². The summed E-state index contributed by atoms with van der Waals surface area (Å²) >= 11 is 1.60. The highest BCUT2D eigenvalue weighted by Gasteiger charge is 2.12. The number of rotatable bonds is 6. The summed E-state index contributed by atoms with van der Waals surface area (Å²) in [6.45, 7) is 0.275. The number of nitrogens with zero attached hydrogens (tertiary/aromatic N) is 1. The summed E-state index contributed by atoms with van der Waals surface area (Å²) < 4.78 is 12.1. The van der Waals surface area contributed by atoms with Crippen LogP contribution in [0.1, 0.15) is 5.76 Å². The number of fused-ring (bicyclic) bond motifs is 1. The van der Waals surface area contributed by atoms with E-state index in [2.05, 4.69) is 10.3 Å². The van der Waals surface area contributed by atoms with Crippen LogP contribution in [0.5, 0.6) is 5.75 Å². The van der Waals surface area contributed by atoms with Crippen LogP contribution >= 0.6 is 11.3 Å². The zero-order valence-corrected chi connectivity index (χ0v) is 14.7. The monoisotopic (exact) mass is 364 g/mol. The second kappa shape index (κ2) is 7.41. The fourth-order valence-corrected chi connectivity index (χ4v) is 3.55. The second-order valence-corrected chi connectivity index (χ2v) is 6.66. The number of nitrogens with one attached hydrogen (secondary N) is 1. The lowest BCUT2D eigenvalue weighted by molar-refractivity contribution is -0.123. The Morgan fingerprint density at radius 1 is 1.08 bits per heavy atom. The first-order valence-corrected chi connectivity index (χ1v) is 8.98. The predicted molar refractivity (Wildman–Crippen MR) is 101 cm³/mol. The minimum Gasteiger partial charge on any atom is -0.483 e. The number of aromatic nitrogens is 1. The van der Waals surface area contributed by atoms with Gasteiger partial charge in [-0.1, -0.05) is 24.3 Å². The maximum absolute atomic E-state index is 12.0. The standard InChI is InChI=1S/C20H16N2O3S/c23-19(21-12-14-6-5-11-24-14)13-25-17-9-3-1-7-15(17)20-22-16-8-2-4-10-18(16)26-20/h1-11H,12-13H2,(H,21,23). The van der Waals surface area contributed by atoms with Gasteiger partial charge in [0.15, 0.2) is 6.61 Å². The van der Waals surface area contributed by atoms with Gasteiger partial charge in [-0.15, -0.1) is 11.3 Å². The molecule has 2 heterocycles. The third-order valence-electron chi connectivity index (χ3n) is 3.81. The van der Waals surface area contributed by atoms with E-state index in [1.807, 2.05) is 54.6 Å². The van der Waals surface area contributed by atoms with Crippen LogP contribution in [0.25, 0.3) is 20.8 Å². The van der Waals surface area contributed by atoms with E-state index in [0.29, 0.717) is 18.1 Å². The topological polar surface area (TPSA) is 64.4 Å². The number of benzene rings is 2. The Morgan fingerprint density at radius 2 is 1.92 bits per heavy atom. The van der Waals surface area contributed by atoms with Crippen LogP contribution in [0.15, 0.2) is 71.3 Å². The van der Waals surface area contributed by atoms with Crippen molar-refractivity contribution in [2.75, 3.05) is 6.61 Å². The molecule has 2 aromatic heterocycles. The number of amides is 1. The summed E-state index contributed by atoms with van der Waals surface area (Å²) in [5.41, 5.74) is 1.84. The molecule has 0 saturated carbocycles. The van der Waals surface area contributed by atoms with Crippen LogP contribution in [0.3, 0.4) is 0 Å². The Balaban J connectivity index is 1.46. The number of carbonyl (C=O) groups excluding carboxylic acids is 1. The van der Waals surface area contributed by atoms with Crippen LogP contribution in [0.4, 0.5) is 0 Å². The molecule has 0 saturated heterocycles. The highest BCUT2D eigenvalue weighted by molar-refractivity contribution is 7.21. The van der Waals surface area contributed by atoms with E-state index < -0.39 is 0 Å². The summed E-state index contributed by atoms with van der Waals surface area (Å²) in [6.07, 6.45) is 1.58. The normalized spacial score (nSPS) is 10.8. The molecule has 2 aromatic carbocycles. The largest absolute Gasteiger partial charge is 0.483 e. The van der Waals surface area contributed by atoms with Gasteiger partial charge >= 0.3 is 0 Å². The number of ether oxygens (including phenoxy) is 1. The molecule has 1 N–H and O–H groups in total. The van der Waals surface area contributed by atoms with E-state index in [0.717, 1.165) is 20.8 Å². The van der Waals surface area contributed by atoms with Crippen LogP contribution in [-0.4, -0.2) is 17.5 Å². The summed E-state index contributed by atoms with van der Waals surface area (Å²) in [5, 5.41) is 3.64. The van der Waals surface area contributed by atoms with E-state index in [4.69, 9.17) is 9.15 Å². The molecule has 0 spiro atoms. The van der Waals surface area contributed by atoms with Gasteiger partial charge in [0.25, 0.3) is 5.91 Å². The smallest absolute Gasteiger partial charge is 0.258 e. The fraction of sp³-hybridized carbons (Fsp3) is 0.100. The Morgan fingerprint density at radius 3 is 2.77 bits per heavy atom. The molecule has 0 unspecified atom stereocenters. The van der Waals surface area contributed by atoms with Crippen molar-refractivity contribution >= 4 is 27.5 Å². The van der Waals surface area contributed by atoms with Gasteiger partial charge in [0.1, 0.15) is 16.5 Å². The number of hydrogen-bond acceptors (Lipinski definition) is 5. The van der Waals surface area contributed by atoms with Crippen molar-refractivity contribution in [3.63, 3.8) is 0 Å².